The van der Waals surface area contributed by atoms with E-state index in [1.54, 1.807) is 12.1 Å². The van der Waals surface area contributed by atoms with Gasteiger partial charge in [-0.15, -0.1) is 0 Å². The molecule has 0 unspecified atom stereocenters. The molecule has 2 aromatic rings. The summed E-state index contributed by atoms with van der Waals surface area (Å²) in [6, 6.07) is 13.5. The summed E-state index contributed by atoms with van der Waals surface area (Å²) in [5, 5.41) is 19.8. The molecule has 0 spiro atoms. The molecule has 4 nitrogen and oxygen atoms in total. The second-order valence-electron chi connectivity index (χ2n) is 4.03. The number of hydrogen-bond donors (Lipinski definition) is 0. The third kappa shape index (κ3) is 3.06. The van der Waals surface area contributed by atoms with Crippen LogP contribution in [0.3, 0.4) is 0 Å². The van der Waals surface area contributed by atoms with Crippen molar-refractivity contribution >= 4 is 17.3 Å². The first kappa shape index (κ1) is 13.4. The van der Waals surface area contributed by atoms with Gasteiger partial charge in [-0.3, -0.25) is 10.1 Å². The van der Waals surface area contributed by atoms with Crippen LogP contribution in [0.1, 0.15) is 11.1 Å². The lowest BCUT2D eigenvalue weighted by Gasteiger charge is -2.00. The SMILES string of the molecule is N#C/C(=C/c1cccc([N+](=O)[O-])c1)c1cccc(F)c1. The third-order valence-corrected chi connectivity index (χ3v) is 2.65. The Bertz CT molecular complexity index is 733. The molecule has 0 fully saturated rings. The molecule has 20 heavy (non-hydrogen) atoms. The molecule has 98 valence electrons. The average Bonchev–Trinajstić information content (AvgIpc) is 2.45. The van der Waals surface area contributed by atoms with Gasteiger partial charge in [0.05, 0.1) is 16.6 Å². The van der Waals surface area contributed by atoms with Crippen LogP contribution in [-0.2, 0) is 0 Å². The van der Waals surface area contributed by atoms with Gasteiger partial charge in [0.1, 0.15) is 5.82 Å². The minimum Gasteiger partial charge on any atom is -0.258 e. The van der Waals surface area contributed by atoms with Crippen molar-refractivity contribution in [3.8, 4) is 6.07 Å². The maximum atomic E-state index is 13.1. The van der Waals surface area contributed by atoms with Crippen LogP contribution < -0.4 is 0 Å². The molecule has 0 saturated carbocycles. The molecule has 0 radical (unpaired) electrons. The smallest absolute Gasteiger partial charge is 0.258 e. The van der Waals surface area contributed by atoms with E-state index in [9.17, 15) is 14.5 Å². The van der Waals surface area contributed by atoms with E-state index in [1.807, 2.05) is 6.07 Å². The Morgan fingerprint density at radius 1 is 1.25 bits per heavy atom. The highest BCUT2D eigenvalue weighted by atomic mass is 19.1. The van der Waals surface area contributed by atoms with Crippen LogP contribution in [0.15, 0.2) is 48.5 Å². The molecule has 0 aliphatic rings. The van der Waals surface area contributed by atoms with Crippen molar-refractivity contribution in [3.05, 3.63) is 75.6 Å². The van der Waals surface area contributed by atoms with Gasteiger partial charge in [-0.25, -0.2) is 4.39 Å². The van der Waals surface area contributed by atoms with E-state index in [0.29, 0.717) is 11.1 Å². The van der Waals surface area contributed by atoms with Crippen LogP contribution in [0.5, 0.6) is 0 Å². The number of halogens is 1. The van der Waals surface area contributed by atoms with E-state index < -0.39 is 10.7 Å². The van der Waals surface area contributed by atoms with Crippen molar-refractivity contribution in [2.75, 3.05) is 0 Å². The molecule has 2 aromatic carbocycles. The fourth-order valence-corrected chi connectivity index (χ4v) is 1.73. The number of hydrogen-bond acceptors (Lipinski definition) is 3. The van der Waals surface area contributed by atoms with Crippen molar-refractivity contribution in [1.29, 1.82) is 5.26 Å². The molecule has 0 amide bonds. The fraction of sp³-hybridized carbons (Fsp3) is 0. The molecule has 0 aromatic heterocycles. The number of nitrogens with zero attached hydrogens (tertiary/aromatic N) is 2. The monoisotopic (exact) mass is 268 g/mol. The van der Waals surface area contributed by atoms with Crippen molar-refractivity contribution in [2.24, 2.45) is 0 Å². The normalized spacial score (nSPS) is 10.9. The van der Waals surface area contributed by atoms with E-state index >= 15 is 0 Å². The van der Waals surface area contributed by atoms with Crippen molar-refractivity contribution in [2.45, 2.75) is 0 Å². The molecule has 0 saturated heterocycles. The zero-order valence-electron chi connectivity index (χ0n) is 10.3. The van der Waals surface area contributed by atoms with Crippen LogP contribution in [-0.4, -0.2) is 4.92 Å². The average molecular weight is 268 g/mol. The van der Waals surface area contributed by atoms with Crippen molar-refractivity contribution in [3.63, 3.8) is 0 Å². The van der Waals surface area contributed by atoms with Gasteiger partial charge in [0.25, 0.3) is 5.69 Å². The Labute approximate surface area is 114 Å². The molecule has 0 aliphatic carbocycles. The van der Waals surface area contributed by atoms with Gasteiger partial charge in [-0.1, -0.05) is 24.3 Å². The molecule has 0 heterocycles. The van der Waals surface area contributed by atoms with Crippen LogP contribution in [0.4, 0.5) is 10.1 Å². The number of nitro benzene ring substituents is 1. The van der Waals surface area contributed by atoms with E-state index in [4.69, 9.17) is 5.26 Å². The van der Waals surface area contributed by atoms with Gasteiger partial charge < -0.3 is 0 Å². The molecule has 5 heteroatoms. The zero-order chi connectivity index (χ0) is 14.5. The maximum Gasteiger partial charge on any atom is 0.270 e. The van der Waals surface area contributed by atoms with E-state index in [2.05, 4.69) is 0 Å². The lowest BCUT2D eigenvalue weighted by atomic mass is 10.0. The van der Waals surface area contributed by atoms with Gasteiger partial charge in [0.2, 0.25) is 0 Å². The fourth-order valence-electron chi connectivity index (χ4n) is 1.73. The quantitative estimate of drug-likeness (QED) is 0.368. The van der Waals surface area contributed by atoms with Crippen LogP contribution in [0, 0.1) is 27.3 Å². The first-order chi connectivity index (χ1) is 9.60. The predicted molar refractivity (Wildman–Crippen MR) is 73.0 cm³/mol. The number of benzene rings is 2. The van der Waals surface area contributed by atoms with Gasteiger partial charge >= 0.3 is 0 Å². The maximum absolute atomic E-state index is 13.1. The highest BCUT2D eigenvalue weighted by molar-refractivity contribution is 5.89. The first-order valence-corrected chi connectivity index (χ1v) is 5.72. The minimum atomic E-state index is -0.508. The highest BCUT2D eigenvalue weighted by Crippen LogP contribution is 2.21. The number of nitro groups is 1. The van der Waals surface area contributed by atoms with Crippen LogP contribution >= 0.6 is 0 Å². The molecule has 0 atom stereocenters. The lowest BCUT2D eigenvalue weighted by Crippen LogP contribution is -1.88. The summed E-state index contributed by atoms with van der Waals surface area (Å²) >= 11 is 0. The Kier molecular flexibility index (Phi) is 3.87. The standard InChI is InChI=1S/C15H9FN2O2/c16-14-5-2-4-12(9-14)13(10-17)7-11-3-1-6-15(8-11)18(19)20/h1-9H/b13-7-. The molecule has 0 bridgehead atoms. The van der Waals surface area contributed by atoms with Crippen molar-refractivity contribution in [1.82, 2.24) is 0 Å². The number of non-ortho nitro benzene ring substituents is 1. The van der Waals surface area contributed by atoms with E-state index in [1.165, 1.54) is 42.5 Å². The molecule has 0 aliphatic heterocycles. The summed E-state index contributed by atoms with van der Waals surface area (Å²) in [7, 11) is 0. The summed E-state index contributed by atoms with van der Waals surface area (Å²) in [4.78, 5) is 10.2. The second kappa shape index (κ2) is 5.76. The number of nitriles is 1. The van der Waals surface area contributed by atoms with Crippen LogP contribution in [0.2, 0.25) is 0 Å². The highest BCUT2D eigenvalue weighted by Gasteiger charge is 2.06. The van der Waals surface area contributed by atoms with Gasteiger partial charge in [-0.05, 0) is 29.3 Å². The van der Waals surface area contributed by atoms with E-state index in [0.717, 1.165) is 0 Å². The molecular formula is C15H9FN2O2. The van der Waals surface area contributed by atoms with Crippen LogP contribution in [0.25, 0.3) is 11.6 Å². The summed E-state index contributed by atoms with van der Waals surface area (Å²) < 4.78 is 13.1. The van der Waals surface area contributed by atoms with Crippen molar-refractivity contribution < 1.29 is 9.31 Å². The lowest BCUT2D eigenvalue weighted by molar-refractivity contribution is -0.384. The van der Waals surface area contributed by atoms with Gasteiger partial charge in [0.15, 0.2) is 0 Å². The summed E-state index contributed by atoms with van der Waals surface area (Å²) in [6.45, 7) is 0. The predicted octanol–water partition coefficient (Wildman–Crippen LogP) is 3.80. The zero-order valence-corrected chi connectivity index (χ0v) is 10.3. The Morgan fingerprint density at radius 2 is 2.00 bits per heavy atom. The van der Waals surface area contributed by atoms with E-state index in [-0.39, 0.29) is 11.3 Å². The first-order valence-electron chi connectivity index (χ1n) is 5.72. The second-order valence-corrected chi connectivity index (χ2v) is 4.03. The Balaban J connectivity index is 2.44. The molecule has 0 N–H and O–H groups in total. The molecule has 2 rings (SSSR count). The largest absolute Gasteiger partial charge is 0.270 e. The Morgan fingerprint density at radius 3 is 2.65 bits per heavy atom. The summed E-state index contributed by atoms with van der Waals surface area (Å²) in [6.07, 6.45) is 1.49. The topological polar surface area (TPSA) is 66.9 Å². The summed E-state index contributed by atoms with van der Waals surface area (Å²) in [5.74, 6) is -0.442. The third-order valence-electron chi connectivity index (χ3n) is 2.65. The number of rotatable bonds is 3. The Hall–Kier alpha value is -3.00. The molecular weight excluding hydrogens is 259 g/mol. The number of allylic oxidation sites excluding steroid dienone is 1. The summed E-state index contributed by atoms with van der Waals surface area (Å²) in [5.41, 5.74) is 1.12. The minimum absolute atomic E-state index is 0.0599. The van der Waals surface area contributed by atoms with Gasteiger partial charge in [0, 0.05) is 12.1 Å². The van der Waals surface area contributed by atoms with Gasteiger partial charge in [-0.2, -0.15) is 5.26 Å².